The second-order valence-electron chi connectivity index (χ2n) is 6.15. The summed E-state index contributed by atoms with van der Waals surface area (Å²) in [6.07, 6.45) is 1.99. The fraction of sp³-hybridized carbons (Fsp3) is 0.412. The summed E-state index contributed by atoms with van der Waals surface area (Å²) in [5.74, 6) is 0.543. The summed E-state index contributed by atoms with van der Waals surface area (Å²) in [4.78, 5) is 18.2. The molecule has 27 heavy (non-hydrogen) atoms. The van der Waals surface area contributed by atoms with Crippen LogP contribution in [0.2, 0.25) is 0 Å². The first-order valence-electron chi connectivity index (χ1n) is 8.54. The van der Waals surface area contributed by atoms with Gasteiger partial charge in [0, 0.05) is 12.6 Å². The van der Waals surface area contributed by atoms with Gasteiger partial charge in [0.25, 0.3) is 0 Å². The minimum Gasteiger partial charge on any atom is -0.465 e. The molecule has 1 aliphatic heterocycles. The molecule has 9 nitrogen and oxygen atoms in total. The van der Waals surface area contributed by atoms with Crippen molar-refractivity contribution < 1.29 is 17.9 Å². The highest BCUT2D eigenvalue weighted by Crippen LogP contribution is 2.24. The van der Waals surface area contributed by atoms with Gasteiger partial charge in [0.15, 0.2) is 15.7 Å². The van der Waals surface area contributed by atoms with Crippen molar-refractivity contribution in [2.75, 3.05) is 35.4 Å². The lowest BCUT2D eigenvalue weighted by molar-refractivity contribution is 0.0602. The van der Waals surface area contributed by atoms with Gasteiger partial charge in [-0.1, -0.05) is 12.1 Å². The van der Waals surface area contributed by atoms with E-state index in [1.807, 2.05) is 11.8 Å². The van der Waals surface area contributed by atoms with Gasteiger partial charge in [-0.05, 0) is 25.5 Å². The molecule has 1 N–H and O–H groups in total. The zero-order chi connectivity index (χ0) is 19.4. The van der Waals surface area contributed by atoms with Gasteiger partial charge in [0.2, 0.25) is 5.95 Å². The Labute approximate surface area is 157 Å². The molecule has 2 heterocycles. The maximum atomic E-state index is 11.9. The third-order valence-electron chi connectivity index (χ3n) is 4.39. The van der Waals surface area contributed by atoms with Gasteiger partial charge in [-0.15, -0.1) is 5.10 Å². The number of sulfone groups is 1. The summed E-state index contributed by atoms with van der Waals surface area (Å²) < 4.78 is 28.4. The Morgan fingerprint density at radius 2 is 2.15 bits per heavy atom. The minimum atomic E-state index is -3.02. The van der Waals surface area contributed by atoms with Crippen molar-refractivity contribution in [2.24, 2.45) is 0 Å². The van der Waals surface area contributed by atoms with Gasteiger partial charge in [-0.2, -0.15) is 10.1 Å². The summed E-state index contributed by atoms with van der Waals surface area (Å²) >= 11 is 0. The van der Waals surface area contributed by atoms with Crippen molar-refractivity contribution in [1.82, 2.24) is 15.2 Å². The Morgan fingerprint density at radius 1 is 1.37 bits per heavy atom. The molecule has 0 saturated carbocycles. The van der Waals surface area contributed by atoms with E-state index in [0.717, 1.165) is 0 Å². The van der Waals surface area contributed by atoms with Crippen molar-refractivity contribution in [3.63, 3.8) is 0 Å². The topological polar surface area (TPSA) is 114 Å². The van der Waals surface area contributed by atoms with Gasteiger partial charge in [-0.25, -0.2) is 13.2 Å². The van der Waals surface area contributed by atoms with Gasteiger partial charge in [-0.3, -0.25) is 0 Å². The molecule has 0 radical (unpaired) electrons. The van der Waals surface area contributed by atoms with Crippen LogP contribution >= 0.6 is 0 Å². The third-order valence-corrected chi connectivity index (χ3v) is 6.14. The summed E-state index contributed by atoms with van der Waals surface area (Å²) in [5.41, 5.74) is 0.900. The van der Waals surface area contributed by atoms with E-state index in [0.29, 0.717) is 36.0 Å². The lowest BCUT2D eigenvalue weighted by Gasteiger charge is -2.26. The van der Waals surface area contributed by atoms with E-state index in [-0.39, 0.29) is 17.5 Å². The lowest BCUT2D eigenvalue weighted by atomic mass is 10.2. The van der Waals surface area contributed by atoms with Crippen molar-refractivity contribution in [3.05, 3.63) is 36.0 Å². The smallest absolute Gasteiger partial charge is 0.339 e. The van der Waals surface area contributed by atoms with Crippen molar-refractivity contribution in [2.45, 2.75) is 19.4 Å². The van der Waals surface area contributed by atoms with Crippen molar-refractivity contribution in [1.29, 1.82) is 0 Å². The second-order valence-corrected chi connectivity index (χ2v) is 8.38. The number of nitrogens with one attached hydrogen (secondary N) is 1. The van der Waals surface area contributed by atoms with Crippen LogP contribution in [0.15, 0.2) is 30.5 Å². The first-order valence-corrected chi connectivity index (χ1v) is 10.4. The fourth-order valence-electron chi connectivity index (χ4n) is 3.08. The first kappa shape index (κ1) is 19.0. The molecule has 0 aliphatic carbocycles. The molecular weight excluding hydrogens is 370 g/mol. The Morgan fingerprint density at radius 3 is 2.81 bits per heavy atom. The second kappa shape index (κ2) is 7.87. The number of hydrogen-bond acceptors (Lipinski definition) is 9. The monoisotopic (exact) mass is 391 g/mol. The molecule has 0 bridgehead atoms. The average molecular weight is 391 g/mol. The van der Waals surface area contributed by atoms with E-state index in [1.54, 1.807) is 24.3 Å². The van der Waals surface area contributed by atoms with E-state index in [9.17, 15) is 13.2 Å². The van der Waals surface area contributed by atoms with Crippen LogP contribution in [0.5, 0.6) is 0 Å². The largest absolute Gasteiger partial charge is 0.465 e. The summed E-state index contributed by atoms with van der Waals surface area (Å²) in [7, 11) is -1.70. The molecule has 10 heteroatoms. The zero-order valence-corrected chi connectivity index (χ0v) is 15.9. The number of carbonyl (C=O) groups excluding carboxylic acids is 1. The molecule has 1 unspecified atom stereocenters. The fourth-order valence-corrected chi connectivity index (χ4v) is 4.81. The van der Waals surface area contributed by atoms with E-state index in [4.69, 9.17) is 4.74 Å². The highest BCUT2D eigenvalue weighted by atomic mass is 32.2. The number of ether oxygens (including phenoxy) is 1. The zero-order valence-electron chi connectivity index (χ0n) is 15.1. The van der Waals surface area contributed by atoms with Crippen LogP contribution in [0, 0.1) is 0 Å². The van der Waals surface area contributed by atoms with Gasteiger partial charge in [0.05, 0.1) is 36.1 Å². The number of para-hydroxylation sites is 1. The number of carbonyl (C=O) groups is 1. The number of nitrogens with zero attached hydrogens (tertiary/aromatic N) is 4. The Balaban J connectivity index is 1.85. The highest BCUT2D eigenvalue weighted by Gasteiger charge is 2.33. The molecule has 1 aromatic carbocycles. The molecule has 1 aromatic heterocycles. The maximum absolute atomic E-state index is 11.9. The molecule has 1 aliphatic rings. The van der Waals surface area contributed by atoms with Crippen LogP contribution in [-0.4, -0.2) is 60.8 Å². The van der Waals surface area contributed by atoms with Crippen LogP contribution in [0.25, 0.3) is 0 Å². The molecule has 0 spiro atoms. The van der Waals surface area contributed by atoms with Gasteiger partial charge < -0.3 is 15.0 Å². The standard InChI is InChI=1S/C17H21N5O4S/c1-3-22(12-8-9-27(24,25)11-12)17-20-15(10-18-21-17)19-14-7-5-4-6-13(14)16(23)26-2/h4-7,10,12H,3,8-9,11H2,1-2H3,(H,19,20,21). The highest BCUT2D eigenvalue weighted by molar-refractivity contribution is 7.91. The van der Waals surface area contributed by atoms with Crippen LogP contribution in [0.3, 0.4) is 0 Å². The van der Waals surface area contributed by atoms with Gasteiger partial charge in [0.1, 0.15) is 0 Å². The molecule has 1 fully saturated rings. The number of anilines is 3. The molecular formula is C17H21N5O4S. The predicted octanol–water partition coefficient (Wildman–Crippen LogP) is 1.42. The molecule has 0 amide bonds. The predicted molar refractivity (Wildman–Crippen MR) is 101 cm³/mol. The van der Waals surface area contributed by atoms with Crippen LogP contribution < -0.4 is 10.2 Å². The number of esters is 1. The lowest BCUT2D eigenvalue weighted by Crippen LogP contribution is -2.37. The van der Waals surface area contributed by atoms with Crippen molar-refractivity contribution in [3.8, 4) is 0 Å². The van der Waals surface area contributed by atoms with E-state index >= 15 is 0 Å². The van der Waals surface area contributed by atoms with Crippen LogP contribution in [0.4, 0.5) is 17.5 Å². The average Bonchev–Trinajstić information content (AvgIpc) is 3.02. The van der Waals surface area contributed by atoms with E-state index < -0.39 is 15.8 Å². The molecule has 2 aromatic rings. The van der Waals surface area contributed by atoms with E-state index in [2.05, 4.69) is 20.5 Å². The Hall–Kier alpha value is -2.75. The first-order chi connectivity index (χ1) is 12.9. The number of hydrogen-bond donors (Lipinski definition) is 1. The summed E-state index contributed by atoms with van der Waals surface area (Å²) in [6, 6.07) is 6.73. The number of rotatable bonds is 6. The molecule has 1 saturated heterocycles. The number of methoxy groups -OCH3 is 1. The molecule has 3 rings (SSSR count). The normalized spacial score (nSPS) is 18.1. The Kier molecular flexibility index (Phi) is 5.54. The summed E-state index contributed by atoms with van der Waals surface area (Å²) in [5, 5.41) is 11.1. The van der Waals surface area contributed by atoms with E-state index in [1.165, 1.54) is 13.3 Å². The third kappa shape index (κ3) is 4.33. The van der Waals surface area contributed by atoms with Crippen LogP contribution in [-0.2, 0) is 14.6 Å². The summed E-state index contributed by atoms with van der Waals surface area (Å²) in [6.45, 7) is 2.48. The van der Waals surface area contributed by atoms with Crippen molar-refractivity contribution >= 4 is 33.3 Å². The molecule has 144 valence electrons. The quantitative estimate of drug-likeness (QED) is 0.730. The maximum Gasteiger partial charge on any atom is 0.339 e. The number of aromatic nitrogens is 3. The SMILES string of the molecule is CCN(c1nncc(Nc2ccccc2C(=O)OC)n1)C1CCS(=O)(=O)C1. The number of benzene rings is 1. The Bertz CT molecular complexity index is 934. The molecule has 1 atom stereocenters. The minimum absolute atomic E-state index is 0.0903. The van der Waals surface area contributed by atoms with Crippen LogP contribution in [0.1, 0.15) is 23.7 Å². The van der Waals surface area contributed by atoms with Gasteiger partial charge >= 0.3 is 5.97 Å².